The number of hydrogen-bond acceptors (Lipinski definition) is 2. The van der Waals surface area contributed by atoms with Crippen LogP contribution >= 0.6 is 34.5 Å². The highest BCUT2D eigenvalue weighted by molar-refractivity contribution is 7.09. The van der Waals surface area contributed by atoms with Crippen LogP contribution in [0.1, 0.15) is 21.7 Å². The quantitative estimate of drug-likeness (QED) is 0.732. The molecule has 0 radical (unpaired) electrons. The number of rotatable bonds is 4. The molecule has 17 heavy (non-hydrogen) atoms. The van der Waals surface area contributed by atoms with Crippen molar-refractivity contribution in [1.29, 1.82) is 0 Å². The van der Waals surface area contributed by atoms with Crippen molar-refractivity contribution < 1.29 is 4.79 Å². The van der Waals surface area contributed by atoms with E-state index in [9.17, 15) is 4.79 Å². The minimum atomic E-state index is 0.0556. The summed E-state index contributed by atoms with van der Waals surface area (Å²) in [5.41, 5.74) is 0.549. The van der Waals surface area contributed by atoms with Gasteiger partial charge in [-0.3, -0.25) is 4.79 Å². The van der Waals surface area contributed by atoms with Gasteiger partial charge in [0.2, 0.25) is 0 Å². The van der Waals surface area contributed by atoms with Crippen molar-refractivity contribution >= 4 is 40.3 Å². The summed E-state index contributed by atoms with van der Waals surface area (Å²) in [6.45, 7) is 0. The van der Waals surface area contributed by atoms with Gasteiger partial charge in [0.25, 0.3) is 0 Å². The highest BCUT2D eigenvalue weighted by atomic mass is 35.5. The number of carbonyl (C=O) groups excluding carboxylic acids is 1. The van der Waals surface area contributed by atoms with E-state index in [1.54, 1.807) is 29.5 Å². The van der Waals surface area contributed by atoms with E-state index in [-0.39, 0.29) is 5.78 Å². The van der Waals surface area contributed by atoms with E-state index in [1.165, 1.54) is 4.88 Å². The maximum Gasteiger partial charge on any atom is 0.164 e. The molecule has 1 aromatic carbocycles. The molecule has 0 spiro atoms. The maximum absolute atomic E-state index is 11.9. The maximum atomic E-state index is 11.9. The Morgan fingerprint density at radius 1 is 1.24 bits per heavy atom. The number of ketones is 1. The summed E-state index contributed by atoms with van der Waals surface area (Å²) < 4.78 is 0. The lowest BCUT2D eigenvalue weighted by atomic mass is 10.1. The van der Waals surface area contributed by atoms with Crippen LogP contribution in [0.2, 0.25) is 10.0 Å². The van der Waals surface area contributed by atoms with Crippen molar-refractivity contribution in [3.05, 3.63) is 56.2 Å². The lowest BCUT2D eigenvalue weighted by Gasteiger charge is -2.03. The summed E-state index contributed by atoms with van der Waals surface area (Å²) in [4.78, 5) is 13.2. The zero-order valence-corrected chi connectivity index (χ0v) is 11.3. The molecular formula is C13H10Cl2OS. The van der Waals surface area contributed by atoms with Gasteiger partial charge in [-0.2, -0.15) is 0 Å². The number of hydrogen-bond donors (Lipinski definition) is 0. The predicted molar refractivity (Wildman–Crippen MR) is 73.4 cm³/mol. The molecule has 0 unspecified atom stereocenters. The SMILES string of the molecule is O=C(CCc1cccs1)c1ccc(Cl)cc1Cl. The fourth-order valence-electron chi connectivity index (χ4n) is 1.54. The number of Topliss-reactive ketones (excluding diaryl/α,β-unsaturated/α-hetero) is 1. The second-order valence-electron chi connectivity index (χ2n) is 3.63. The van der Waals surface area contributed by atoms with E-state index in [0.29, 0.717) is 22.0 Å². The fraction of sp³-hybridized carbons (Fsp3) is 0.154. The van der Waals surface area contributed by atoms with E-state index in [1.807, 2.05) is 17.5 Å². The Bertz CT molecular complexity index is 520. The van der Waals surface area contributed by atoms with Crippen LogP contribution in [-0.2, 0) is 6.42 Å². The Labute approximate surface area is 114 Å². The largest absolute Gasteiger partial charge is 0.294 e. The van der Waals surface area contributed by atoms with E-state index in [2.05, 4.69) is 0 Å². The van der Waals surface area contributed by atoms with Crippen LogP contribution in [0.5, 0.6) is 0 Å². The Kier molecular flexibility index (Phi) is 4.21. The van der Waals surface area contributed by atoms with Gasteiger partial charge in [0, 0.05) is 21.9 Å². The van der Waals surface area contributed by atoms with E-state index in [0.717, 1.165) is 6.42 Å². The predicted octanol–water partition coefficient (Wildman–Crippen LogP) is 4.87. The first-order chi connectivity index (χ1) is 8.16. The Morgan fingerprint density at radius 3 is 2.71 bits per heavy atom. The third kappa shape index (κ3) is 3.32. The zero-order chi connectivity index (χ0) is 12.3. The topological polar surface area (TPSA) is 17.1 Å². The Morgan fingerprint density at radius 2 is 2.06 bits per heavy atom. The molecule has 0 fully saturated rings. The smallest absolute Gasteiger partial charge is 0.164 e. The van der Waals surface area contributed by atoms with Gasteiger partial charge in [-0.1, -0.05) is 29.3 Å². The minimum Gasteiger partial charge on any atom is -0.294 e. The molecule has 0 amide bonds. The molecule has 2 rings (SSSR count). The first-order valence-corrected chi connectivity index (χ1v) is 6.81. The molecule has 0 bridgehead atoms. The van der Waals surface area contributed by atoms with E-state index in [4.69, 9.17) is 23.2 Å². The molecule has 0 aliphatic carbocycles. The van der Waals surface area contributed by atoms with Gasteiger partial charge in [-0.05, 0) is 36.1 Å². The average Bonchev–Trinajstić information content (AvgIpc) is 2.78. The van der Waals surface area contributed by atoms with Crippen LogP contribution in [0.25, 0.3) is 0 Å². The Hall–Kier alpha value is -0.830. The fourth-order valence-corrected chi connectivity index (χ4v) is 2.76. The molecule has 0 aliphatic rings. The van der Waals surface area contributed by atoms with E-state index >= 15 is 0 Å². The average molecular weight is 285 g/mol. The molecule has 4 heteroatoms. The molecule has 0 saturated carbocycles. The molecule has 1 nitrogen and oxygen atoms in total. The van der Waals surface area contributed by atoms with Gasteiger partial charge in [0.15, 0.2) is 5.78 Å². The van der Waals surface area contributed by atoms with Crippen LogP contribution < -0.4 is 0 Å². The lowest BCUT2D eigenvalue weighted by molar-refractivity contribution is 0.0983. The number of carbonyl (C=O) groups is 1. The van der Waals surface area contributed by atoms with Gasteiger partial charge in [0.1, 0.15) is 0 Å². The highest BCUT2D eigenvalue weighted by Crippen LogP contribution is 2.23. The number of aryl methyl sites for hydroxylation is 1. The van der Waals surface area contributed by atoms with Gasteiger partial charge in [-0.15, -0.1) is 11.3 Å². The van der Waals surface area contributed by atoms with Crippen molar-refractivity contribution in [2.75, 3.05) is 0 Å². The molecular weight excluding hydrogens is 275 g/mol. The van der Waals surface area contributed by atoms with Crippen molar-refractivity contribution in [1.82, 2.24) is 0 Å². The molecule has 0 atom stereocenters. The first-order valence-electron chi connectivity index (χ1n) is 5.17. The second-order valence-corrected chi connectivity index (χ2v) is 5.50. The van der Waals surface area contributed by atoms with Crippen LogP contribution in [-0.4, -0.2) is 5.78 Å². The second kappa shape index (κ2) is 5.67. The van der Waals surface area contributed by atoms with Crippen molar-refractivity contribution in [3.8, 4) is 0 Å². The lowest BCUT2D eigenvalue weighted by Crippen LogP contribution is -2.01. The standard InChI is InChI=1S/C13H10Cl2OS/c14-9-3-5-11(12(15)8-9)13(16)6-4-10-2-1-7-17-10/h1-3,5,7-8H,4,6H2. The van der Waals surface area contributed by atoms with E-state index < -0.39 is 0 Å². The van der Waals surface area contributed by atoms with Gasteiger partial charge < -0.3 is 0 Å². The summed E-state index contributed by atoms with van der Waals surface area (Å²) in [7, 11) is 0. The van der Waals surface area contributed by atoms with Gasteiger partial charge in [-0.25, -0.2) is 0 Å². The third-order valence-electron chi connectivity index (χ3n) is 2.41. The molecule has 1 heterocycles. The van der Waals surface area contributed by atoms with Crippen LogP contribution in [0, 0.1) is 0 Å². The normalized spacial score (nSPS) is 10.5. The van der Waals surface area contributed by atoms with Crippen LogP contribution in [0.4, 0.5) is 0 Å². The summed E-state index contributed by atoms with van der Waals surface area (Å²) in [6, 6.07) is 8.98. The summed E-state index contributed by atoms with van der Waals surface area (Å²) in [5, 5.41) is 2.98. The monoisotopic (exact) mass is 284 g/mol. The van der Waals surface area contributed by atoms with Crippen LogP contribution in [0.15, 0.2) is 35.7 Å². The molecule has 0 aliphatic heterocycles. The summed E-state index contributed by atoms with van der Waals surface area (Å²) >= 11 is 13.4. The molecule has 2 aromatic rings. The highest BCUT2D eigenvalue weighted by Gasteiger charge is 2.10. The Balaban J connectivity index is 2.04. The van der Waals surface area contributed by atoms with Gasteiger partial charge >= 0.3 is 0 Å². The summed E-state index contributed by atoms with van der Waals surface area (Å²) in [5.74, 6) is 0.0556. The minimum absolute atomic E-state index is 0.0556. The van der Waals surface area contributed by atoms with Gasteiger partial charge in [0.05, 0.1) is 5.02 Å². The number of thiophene rings is 1. The first kappa shape index (κ1) is 12.6. The van der Waals surface area contributed by atoms with Crippen LogP contribution in [0.3, 0.4) is 0 Å². The molecule has 88 valence electrons. The van der Waals surface area contributed by atoms with Crippen molar-refractivity contribution in [2.24, 2.45) is 0 Å². The zero-order valence-electron chi connectivity index (χ0n) is 8.95. The molecule has 0 N–H and O–H groups in total. The summed E-state index contributed by atoms with van der Waals surface area (Å²) in [6.07, 6.45) is 1.23. The van der Waals surface area contributed by atoms with Crippen molar-refractivity contribution in [3.63, 3.8) is 0 Å². The number of halogens is 2. The van der Waals surface area contributed by atoms with Crippen molar-refractivity contribution in [2.45, 2.75) is 12.8 Å². The molecule has 0 saturated heterocycles. The third-order valence-corrected chi connectivity index (χ3v) is 3.89. The number of benzene rings is 1. The molecule has 1 aromatic heterocycles.